The molecule has 0 fully saturated rings. The van der Waals surface area contributed by atoms with Gasteiger partial charge in [0, 0.05) is 49.4 Å². The van der Waals surface area contributed by atoms with Crippen molar-refractivity contribution in [3.8, 4) is 28.2 Å². The molecule has 0 saturated heterocycles. The maximum atomic E-state index is 2.45. The zero-order valence-electron chi connectivity index (χ0n) is 27.7. The number of hydrogen-bond acceptors (Lipinski definition) is 0. The van der Waals surface area contributed by atoms with E-state index in [2.05, 4.69) is 202 Å². The summed E-state index contributed by atoms with van der Waals surface area (Å²) in [5.74, 6) is 0. The fraction of sp³-hybridized carbons (Fsp3) is 0. The largest absolute Gasteiger partial charge is 0.309 e. The predicted octanol–water partition coefficient (Wildman–Crippen LogP) is 12.6. The SMILES string of the molecule is c1ccc(-n2c3ccccc3c3cc(-c4ccc5c6c7c8ccccc8n(-c8ccccc8)c7ccc6n(-c6ccccc6)c5c4)ccc32)cc1. The molecule has 51 heavy (non-hydrogen) atoms. The Balaban J connectivity index is 1.20. The second kappa shape index (κ2) is 10.8. The van der Waals surface area contributed by atoms with E-state index in [0.29, 0.717) is 0 Å². The second-order valence-corrected chi connectivity index (χ2v) is 13.4. The Kier molecular flexibility index (Phi) is 5.96. The van der Waals surface area contributed by atoms with Crippen LogP contribution in [0, 0.1) is 0 Å². The van der Waals surface area contributed by atoms with E-state index < -0.39 is 0 Å². The van der Waals surface area contributed by atoms with E-state index in [-0.39, 0.29) is 0 Å². The molecule has 0 amide bonds. The Hall–Kier alpha value is -6.84. The third kappa shape index (κ3) is 4.06. The van der Waals surface area contributed by atoms with Crippen LogP contribution < -0.4 is 0 Å². The Morgan fingerprint density at radius 3 is 1.24 bits per heavy atom. The van der Waals surface area contributed by atoms with Crippen molar-refractivity contribution in [2.24, 2.45) is 0 Å². The van der Waals surface area contributed by atoms with Crippen molar-refractivity contribution in [3.05, 3.63) is 188 Å². The minimum absolute atomic E-state index is 1.15. The summed E-state index contributed by atoms with van der Waals surface area (Å²) in [5, 5.41) is 7.60. The molecule has 0 bridgehead atoms. The van der Waals surface area contributed by atoms with Gasteiger partial charge in [-0.3, -0.25) is 0 Å². The molecule has 0 atom stereocenters. The van der Waals surface area contributed by atoms with Gasteiger partial charge in [0.25, 0.3) is 0 Å². The highest BCUT2D eigenvalue weighted by molar-refractivity contribution is 6.29. The summed E-state index contributed by atoms with van der Waals surface area (Å²) in [5.41, 5.74) is 13.2. The van der Waals surface area contributed by atoms with Crippen LogP contribution in [0.5, 0.6) is 0 Å². The number of hydrogen-bond donors (Lipinski definition) is 0. The van der Waals surface area contributed by atoms with Crippen LogP contribution in [0.2, 0.25) is 0 Å². The predicted molar refractivity (Wildman–Crippen MR) is 215 cm³/mol. The molecule has 0 saturated carbocycles. The molecule has 0 aliphatic heterocycles. The molecular formula is C48H31N3. The standard InChI is InChI=1S/C48H31N3/c1-4-14-34(15-5-1)49-41-22-12-10-20-37(41)40-30-32(25-27-43(40)49)33-24-26-39-46(31-33)51(36-18-8-3-9-19-36)45-29-28-44-47(48(39)45)38-21-11-13-23-42(38)50(44)35-16-6-2-7-17-35/h1-31H. The number of aromatic nitrogens is 3. The molecule has 0 N–H and O–H groups in total. The molecule has 11 rings (SSSR count). The molecular weight excluding hydrogens is 619 g/mol. The van der Waals surface area contributed by atoms with Gasteiger partial charge in [0.15, 0.2) is 0 Å². The van der Waals surface area contributed by atoms with Crippen LogP contribution in [0.4, 0.5) is 0 Å². The van der Waals surface area contributed by atoms with Crippen LogP contribution in [0.3, 0.4) is 0 Å². The van der Waals surface area contributed by atoms with Crippen LogP contribution in [-0.4, -0.2) is 13.7 Å². The monoisotopic (exact) mass is 649 g/mol. The fourth-order valence-corrected chi connectivity index (χ4v) is 8.46. The van der Waals surface area contributed by atoms with Crippen LogP contribution in [0.15, 0.2) is 188 Å². The summed E-state index contributed by atoms with van der Waals surface area (Å²) < 4.78 is 7.23. The van der Waals surface area contributed by atoms with Crippen LogP contribution in [0.1, 0.15) is 0 Å². The Morgan fingerprint density at radius 2 is 0.627 bits per heavy atom. The first-order chi connectivity index (χ1) is 25.3. The summed E-state index contributed by atoms with van der Waals surface area (Å²) in [6.07, 6.45) is 0. The molecule has 11 aromatic rings. The third-order valence-electron chi connectivity index (χ3n) is 10.6. The molecule has 3 nitrogen and oxygen atoms in total. The highest BCUT2D eigenvalue weighted by Crippen LogP contribution is 2.43. The molecule has 238 valence electrons. The van der Waals surface area contributed by atoms with Gasteiger partial charge < -0.3 is 13.7 Å². The second-order valence-electron chi connectivity index (χ2n) is 13.4. The van der Waals surface area contributed by atoms with Gasteiger partial charge in [0.05, 0.1) is 33.1 Å². The zero-order chi connectivity index (χ0) is 33.5. The van der Waals surface area contributed by atoms with Crippen LogP contribution in [-0.2, 0) is 0 Å². The molecule has 3 heterocycles. The Bertz CT molecular complexity index is 3110. The van der Waals surface area contributed by atoms with E-state index in [0.717, 1.165) is 5.69 Å². The lowest BCUT2D eigenvalue weighted by Gasteiger charge is -2.10. The lowest BCUT2D eigenvalue weighted by molar-refractivity contribution is 1.17. The molecule has 3 heteroatoms. The van der Waals surface area contributed by atoms with Crippen molar-refractivity contribution in [2.45, 2.75) is 0 Å². The quantitative estimate of drug-likeness (QED) is 0.180. The van der Waals surface area contributed by atoms with Gasteiger partial charge in [-0.05, 0) is 90.0 Å². The topological polar surface area (TPSA) is 14.8 Å². The first kappa shape index (κ1) is 28.0. The summed E-state index contributed by atoms with van der Waals surface area (Å²) in [6.45, 7) is 0. The fourth-order valence-electron chi connectivity index (χ4n) is 8.46. The smallest absolute Gasteiger partial charge is 0.0548 e. The van der Waals surface area contributed by atoms with Crippen LogP contribution in [0.25, 0.3) is 93.6 Å². The third-order valence-corrected chi connectivity index (χ3v) is 10.6. The first-order valence-electron chi connectivity index (χ1n) is 17.5. The Labute approximate surface area is 294 Å². The minimum atomic E-state index is 1.15. The summed E-state index contributed by atoms with van der Waals surface area (Å²) in [6, 6.07) is 68.3. The van der Waals surface area contributed by atoms with Crippen molar-refractivity contribution >= 4 is 65.4 Å². The molecule has 0 aliphatic carbocycles. The highest BCUT2D eigenvalue weighted by Gasteiger charge is 2.21. The molecule has 0 unspecified atom stereocenters. The van der Waals surface area contributed by atoms with Gasteiger partial charge in [-0.2, -0.15) is 0 Å². The van der Waals surface area contributed by atoms with Crippen LogP contribution >= 0.6 is 0 Å². The van der Waals surface area contributed by atoms with Gasteiger partial charge in [-0.15, -0.1) is 0 Å². The molecule has 0 spiro atoms. The highest BCUT2D eigenvalue weighted by atomic mass is 15.0. The maximum Gasteiger partial charge on any atom is 0.0548 e. The van der Waals surface area contributed by atoms with Crippen molar-refractivity contribution in [1.82, 2.24) is 13.7 Å². The maximum absolute atomic E-state index is 2.45. The van der Waals surface area contributed by atoms with Gasteiger partial charge in [0.2, 0.25) is 0 Å². The summed E-state index contributed by atoms with van der Waals surface area (Å²) >= 11 is 0. The van der Waals surface area contributed by atoms with Gasteiger partial charge in [-0.25, -0.2) is 0 Å². The lowest BCUT2D eigenvalue weighted by Crippen LogP contribution is -1.94. The van der Waals surface area contributed by atoms with Crippen molar-refractivity contribution in [1.29, 1.82) is 0 Å². The number of para-hydroxylation sites is 5. The van der Waals surface area contributed by atoms with Crippen molar-refractivity contribution < 1.29 is 0 Å². The van der Waals surface area contributed by atoms with E-state index in [4.69, 9.17) is 0 Å². The molecule has 3 aromatic heterocycles. The summed E-state index contributed by atoms with van der Waals surface area (Å²) in [4.78, 5) is 0. The molecule has 0 aliphatic rings. The number of benzene rings is 8. The van der Waals surface area contributed by atoms with E-state index in [1.165, 1.54) is 87.9 Å². The normalized spacial score (nSPS) is 11.9. The Morgan fingerprint density at radius 1 is 0.235 bits per heavy atom. The lowest BCUT2D eigenvalue weighted by atomic mass is 10.00. The van der Waals surface area contributed by atoms with E-state index in [1.54, 1.807) is 0 Å². The average molecular weight is 650 g/mol. The summed E-state index contributed by atoms with van der Waals surface area (Å²) in [7, 11) is 0. The first-order valence-corrected chi connectivity index (χ1v) is 17.5. The zero-order valence-corrected chi connectivity index (χ0v) is 27.7. The number of rotatable bonds is 4. The van der Waals surface area contributed by atoms with Gasteiger partial charge in [-0.1, -0.05) is 109 Å². The van der Waals surface area contributed by atoms with Gasteiger partial charge >= 0.3 is 0 Å². The minimum Gasteiger partial charge on any atom is -0.309 e. The van der Waals surface area contributed by atoms with E-state index >= 15 is 0 Å². The van der Waals surface area contributed by atoms with E-state index in [1.807, 2.05) is 0 Å². The van der Waals surface area contributed by atoms with Crippen molar-refractivity contribution in [3.63, 3.8) is 0 Å². The van der Waals surface area contributed by atoms with Crippen molar-refractivity contribution in [2.75, 3.05) is 0 Å². The van der Waals surface area contributed by atoms with Gasteiger partial charge in [0.1, 0.15) is 0 Å². The average Bonchev–Trinajstić information content (AvgIpc) is 3.84. The van der Waals surface area contributed by atoms with E-state index in [9.17, 15) is 0 Å². The molecule has 0 radical (unpaired) electrons. The molecule has 8 aromatic carbocycles. The number of nitrogens with zero attached hydrogens (tertiary/aromatic N) is 3. The number of fused-ring (bicyclic) bond motifs is 10.